The Bertz CT molecular complexity index is 766. The molecule has 27 heavy (non-hydrogen) atoms. The summed E-state index contributed by atoms with van der Waals surface area (Å²) < 4.78 is 5.43. The predicted octanol–water partition coefficient (Wildman–Crippen LogP) is 3.54. The van der Waals surface area contributed by atoms with Gasteiger partial charge in [-0.3, -0.25) is 4.79 Å². The second kappa shape index (κ2) is 9.95. The van der Waals surface area contributed by atoms with E-state index in [0.717, 1.165) is 37.5 Å². The van der Waals surface area contributed by atoms with Crippen LogP contribution in [-0.4, -0.2) is 38.3 Å². The lowest BCUT2D eigenvalue weighted by Gasteiger charge is -2.25. The monoisotopic (exact) mass is 409 g/mol. The molecule has 2 aromatic rings. The molecular formula is C20H25Cl2N3O2. The molecule has 1 saturated heterocycles. The van der Waals surface area contributed by atoms with E-state index in [1.54, 1.807) is 0 Å². The molecule has 146 valence electrons. The van der Waals surface area contributed by atoms with E-state index in [4.69, 9.17) is 4.74 Å². The van der Waals surface area contributed by atoms with Crippen molar-refractivity contribution in [3.05, 3.63) is 54.1 Å². The van der Waals surface area contributed by atoms with Crippen LogP contribution in [0.3, 0.4) is 0 Å². The summed E-state index contributed by atoms with van der Waals surface area (Å²) in [4.78, 5) is 14.8. The van der Waals surface area contributed by atoms with E-state index >= 15 is 0 Å². The van der Waals surface area contributed by atoms with Gasteiger partial charge in [0.15, 0.2) is 0 Å². The summed E-state index contributed by atoms with van der Waals surface area (Å²) in [5.41, 5.74) is 4.49. The average Bonchev–Trinajstić information content (AvgIpc) is 3.07. The average molecular weight is 410 g/mol. The third-order valence-corrected chi connectivity index (χ3v) is 4.79. The highest BCUT2D eigenvalue weighted by molar-refractivity contribution is 5.95. The van der Waals surface area contributed by atoms with Gasteiger partial charge in [0.1, 0.15) is 0 Å². The first-order chi connectivity index (χ1) is 12.3. The number of carbonyl (C=O) groups excluding carboxylic acids is 1. The topological polar surface area (TPSA) is 53.6 Å². The number of anilines is 3. The van der Waals surface area contributed by atoms with E-state index in [-0.39, 0.29) is 36.8 Å². The molecule has 2 heterocycles. The molecular weight excluding hydrogens is 385 g/mol. The minimum atomic E-state index is 0. The van der Waals surface area contributed by atoms with Crippen LogP contribution in [0.25, 0.3) is 0 Å². The lowest BCUT2D eigenvalue weighted by molar-refractivity contribution is -0.117. The molecule has 1 fully saturated rings. The largest absolute Gasteiger partial charge is 0.378 e. The second-order valence-electron chi connectivity index (χ2n) is 6.53. The first-order valence-electron chi connectivity index (χ1n) is 8.87. The number of morpholine rings is 1. The zero-order valence-electron chi connectivity index (χ0n) is 15.0. The van der Waals surface area contributed by atoms with Crippen LogP contribution >= 0.6 is 24.8 Å². The molecule has 0 saturated carbocycles. The highest BCUT2D eigenvalue weighted by Gasteiger charge is 2.23. The molecule has 5 nitrogen and oxygen atoms in total. The van der Waals surface area contributed by atoms with Crippen LogP contribution in [0, 0.1) is 0 Å². The Hall–Kier alpha value is -1.79. The maximum atomic E-state index is 12.5. The highest BCUT2D eigenvalue weighted by Crippen LogP contribution is 2.38. The van der Waals surface area contributed by atoms with Gasteiger partial charge in [0.05, 0.1) is 24.6 Å². The van der Waals surface area contributed by atoms with E-state index in [1.807, 2.05) is 18.2 Å². The summed E-state index contributed by atoms with van der Waals surface area (Å²) in [5.74, 6) is 0.0166. The SMILES string of the molecule is Cl.Cl.O=C(CC1COCCN1)Nc1ccccc1N1CCc2ccccc21. The number of rotatable bonds is 4. The fraction of sp³-hybridized carbons (Fsp3) is 0.350. The molecule has 2 aliphatic rings. The zero-order chi connectivity index (χ0) is 17.1. The fourth-order valence-corrected chi connectivity index (χ4v) is 3.58. The number of nitrogens with one attached hydrogen (secondary N) is 2. The Kier molecular flexibility index (Phi) is 7.92. The smallest absolute Gasteiger partial charge is 0.226 e. The van der Waals surface area contributed by atoms with Gasteiger partial charge in [-0.05, 0) is 30.2 Å². The van der Waals surface area contributed by atoms with Crippen molar-refractivity contribution in [2.45, 2.75) is 18.9 Å². The van der Waals surface area contributed by atoms with Crippen LogP contribution in [0.1, 0.15) is 12.0 Å². The van der Waals surface area contributed by atoms with Crippen molar-refractivity contribution < 1.29 is 9.53 Å². The summed E-state index contributed by atoms with van der Waals surface area (Å²) in [6, 6.07) is 16.6. The molecule has 1 amide bonds. The highest BCUT2D eigenvalue weighted by atomic mass is 35.5. The molecule has 7 heteroatoms. The number of halogens is 2. The van der Waals surface area contributed by atoms with Crippen molar-refractivity contribution in [1.29, 1.82) is 0 Å². The standard InChI is InChI=1S/C20H23N3O2.2ClH/c24-20(13-16-14-25-12-10-21-16)22-17-6-2-4-8-19(17)23-11-9-15-5-1-3-7-18(15)23;;/h1-8,16,21H,9-14H2,(H,22,24);2*1H. The first-order valence-corrected chi connectivity index (χ1v) is 8.87. The third-order valence-electron chi connectivity index (χ3n) is 4.79. The number of carbonyl (C=O) groups is 1. The molecule has 1 unspecified atom stereocenters. The van der Waals surface area contributed by atoms with Crippen molar-refractivity contribution in [2.24, 2.45) is 0 Å². The quantitative estimate of drug-likeness (QED) is 0.810. The number of amides is 1. The normalized spacial score (nSPS) is 18.1. The van der Waals surface area contributed by atoms with Crippen LogP contribution in [0.2, 0.25) is 0 Å². The van der Waals surface area contributed by atoms with Crippen molar-refractivity contribution in [1.82, 2.24) is 5.32 Å². The van der Waals surface area contributed by atoms with Gasteiger partial charge in [-0.1, -0.05) is 30.3 Å². The number of hydrogen-bond acceptors (Lipinski definition) is 4. The third kappa shape index (κ3) is 4.93. The van der Waals surface area contributed by atoms with Crippen molar-refractivity contribution in [3.63, 3.8) is 0 Å². The van der Waals surface area contributed by atoms with Crippen LogP contribution in [0.4, 0.5) is 17.1 Å². The van der Waals surface area contributed by atoms with Crippen LogP contribution in [-0.2, 0) is 16.0 Å². The van der Waals surface area contributed by atoms with Crippen LogP contribution < -0.4 is 15.5 Å². The molecule has 0 aromatic heterocycles. The van der Waals surface area contributed by atoms with Crippen LogP contribution in [0.5, 0.6) is 0 Å². The number of hydrogen-bond donors (Lipinski definition) is 2. The number of benzene rings is 2. The van der Waals surface area contributed by atoms with Crippen molar-refractivity contribution in [2.75, 3.05) is 36.5 Å². The summed E-state index contributed by atoms with van der Waals surface area (Å²) in [6.45, 7) is 3.05. The van der Waals surface area contributed by atoms with Gasteiger partial charge in [0.25, 0.3) is 0 Å². The van der Waals surface area contributed by atoms with E-state index in [2.05, 4.69) is 45.9 Å². The maximum Gasteiger partial charge on any atom is 0.226 e. The van der Waals surface area contributed by atoms with E-state index in [1.165, 1.54) is 11.3 Å². The summed E-state index contributed by atoms with van der Waals surface area (Å²) >= 11 is 0. The second-order valence-corrected chi connectivity index (χ2v) is 6.53. The van der Waals surface area contributed by atoms with E-state index in [0.29, 0.717) is 13.0 Å². The molecule has 0 radical (unpaired) electrons. The summed E-state index contributed by atoms with van der Waals surface area (Å²) in [5, 5.41) is 6.41. The molecule has 0 bridgehead atoms. The molecule has 2 N–H and O–H groups in total. The summed E-state index contributed by atoms with van der Waals surface area (Å²) in [7, 11) is 0. The number of nitrogens with zero attached hydrogens (tertiary/aromatic N) is 1. The van der Waals surface area contributed by atoms with Crippen LogP contribution in [0.15, 0.2) is 48.5 Å². The van der Waals surface area contributed by atoms with Gasteiger partial charge in [-0.2, -0.15) is 0 Å². The predicted molar refractivity (Wildman–Crippen MR) is 114 cm³/mol. The molecule has 0 aliphatic carbocycles. The molecule has 2 aliphatic heterocycles. The van der Waals surface area contributed by atoms with Gasteiger partial charge >= 0.3 is 0 Å². The minimum absolute atomic E-state index is 0. The van der Waals surface area contributed by atoms with E-state index < -0.39 is 0 Å². The molecule has 1 atom stereocenters. The Labute approximate surface area is 172 Å². The van der Waals surface area contributed by atoms with Crippen molar-refractivity contribution in [3.8, 4) is 0 Å². The first kappa shape index (κ1) is 21.5. The molecule has 2 aromatic carbocycles. The summed E-state index contributed by atoms with van der Waals surface area (Å²) in [6.07, 6.45) is 1.45. The van der Waals surface area contributed by atoms with Gasteiger partial charge in [-0.15, -0.1) is 24.8 Å². The van der Waals surface area contributed by atoms with Gasteiger partial charge < -0.3 is 20.3 Å². The number of ether oxygens (including phenoxy) is 1. The van der Waals surface area contributed by atoms with Crippen molar-refractivity contribution >= 4 is 47.8 Å². The fourth-order valence-electron chi connectivity index (χ4n) is 3.58. The molecule has 0 spiro atoms. The lowest BCUT2D eigenvalue weighted by atomic mass is 10.1. The van der Waals surface area contributed by atoms with E-state index in [9.17, 15) is 4.79 Å². The van der Waals surface area contributed by atoms with Gasteiger partial charge in [-0.25, -0.2) is 0 Å². The Balaban J connectivity index is 0.00000131. The molecule has 4 rings (SSSR count). The Morgan fingerprint density at radius 2 is 1.85 bits per heavy atom. The maximum absolute atomic E-state index is 12.5. The van der Waals surface area contributed by atoms with Gasteiger partial charge in [0.2, 0.25) is 5.91 Å². The van der Waals surface area contributed by atoms with Gasteiger partial charge in [0, 0.05) is 31.2 Å². The lowest BCUT2D eigenvalue weighted by Crippen LogP contribution is -2.43. The number of fused-ring (bicyclic) bond motifs is 1. The minimum Gasteiger partial charge on any atom is -0.378 e. The Morgan fingerprint density at radius 3 is 2.63 bits per heavy atom. The number of para-hydroxylation sites is 3. The zero-order valence-corrected chi connectivity index (χ0v) is 16.7. The Morgan fingerprint density at radius 1 is 1.11 bits per heavy atom.